The number of nitrogens with one attached hydrogen (secondary N) is 1. The zero-order valence-electron chi connectivity index (χ0n) is 6.67. The average Bonchev–Trinajstić information content (AvgIpc) is 2.36. The molecule has 1 saturated carbocycles. The van der Waals surface area contributed by atoms with Gasteiger partial charge >= 0.3 is 0 Å². The highest BCUT2D eigenvalue weighted by Crippen LogP contribution is 2.29. The lowest BCUT2D eigenvalue weighted by molar-refractivity contribution is -0.128. The van der Waals surface area contributed by atoms with Gasteiger partial charge in [-0.3, -0.25) is 14.9 Å². The monoisotopic (exact) mass is 155 g/mol. The number of imide groups is 1. The molecule has 11 heavy (non-hydrogen) atoms. The molecule has 1 fully saturated rings. The molecule has 0 heterocycles. The predicted octanol–water partition coefficient (Wildman–Crippen LogP) is 0.695. The third-order valence-electron chi connectivity index (χ3n) is 2.27. The molecule has 2 unspecified atom stereocenters. The third-order valence-corrected chi connectivity index (χ3v) is 2.27. The molecule has 0 bridgehead atoms. The molecule has 3 nitrogen and oxygen atoms in total. The van der Waals surface area contributed by atoms with E-state index in [1.54, 1.807) is 0 Å². The van der Waals surface area contributed by atoms with Gasteiger partial charge in [-0.15, -0.1) is 0 Å². The minimum atomic E-state index is -0.107. The number of hydrogen-bond donors (Lipinski definition) is 1. The van der Waals surface area contributed by atoms with Crippen LogP contribution in [0.1, 0.15) is 26.2 Å². The van der Waals surface area contributed by atoms with Gasteiger partial charge in [0.2, 0.25) is 12.3 Å². The fourth-order valence-electron chi connectivity index (χ4n) is 1.62. The summed E-state index contributed by atoms with van der Waals surface area (Å²) in [5.74, 6) is 0.608. The number of rotatable bonds is 2. The highest BCUT2D eigenvalue weighted by Gasteiger charge is 2.26. The van der Waals surface area contributed by atoms with Gasteiger partial charge in [-0.1, -0.05) is 6.92 Å². The van der Waals surface area contributed by atoms with Crippen molar-refractivity contribution in [3.05, 3.63) is 0 Å². The molecule has 3 heteroatoms. The van der Waals surface area contributed by atoms with Crippen LogP contribution >= 0.6 is 0 Å². The van der Waals surface area contributed by atoms with Gasteiger partial charge in [0.25, 0.3) is 0 Å². The molecule has 0 spiro atoms. The van der Waals surface area contributed by atoms with Gasteiger partial charge < -0.3 is 0 Å². The van der Waals surface area contributed by atoms with Crippen molar-refractivity contribution >= 4 is 12.3 Å². The first-order valence-electron chi connectivity index (χ1n) is 3.98. The summed E-state index contributed by atoms with van der Waals surface area (Å²) in [6.45, 7) is 2.13. The van der Waals surface area contributed by atoms with Crippen molar-refractivity contribution in [3.63, 3.8) is 0 Å². The summed E-state index contributed by atoms with van der Waals surface area (Å²) in [5.41, 5.74) is 0. The van der Waals surface area contributed by atoms with Gasteiger partial charge in [-0.2, -0.15) is 0 Å². The second kappa shape index (κ2) is 3.51. The second-order valence-corrected chi connectivity index (χ2v) is 3.24. The third kappa shape index (κ3) is 2.03. The van der Waals surface area contributed by atoms with E-state index in [-0.39, 0.29) is 11.8 Å². The normalized spacial score (nSPS) is 29.9. The van der Waals surface area contributed by atoms with E-state index in [1.807, 2.05) is 0 Å². The summed E-state index contributed by atoms with van der Waals surface area (Å²) < 4.78 is 0. The van der Waals surface area contributed by atoms with E-state index in [4.69, 9.17) is 0 Å². The van der Waals surface area contributed by atoms with Crippen molar-refractivity contribution < 1.29 is 9.59 Å². The highest BCUT2D eigenvalue weighted by atomic mass is 16.2. The fraction of sp³-hybridized carbons (Fsp3) is 0.750. The van der Waals surface area contributed by atoms with Crippen molar-refractivity contribution in [2.45, 2.75) is 26.2 Å². The minimum Gasteiger partial charge on any atom is -0.299 e. The molecular weight excluding hydrogens is 142 g/mol. The molecule has 1 aliphatic rings. The van der Waals surface area contributed by atoms with Crippen LogP contribution in [0.3, 0.4) is 0 Å². The smallest absolute Gasteiger partial charge is 0.229 e. The standard InChI is InChI=1S/C8H13NO2/c1-6-2-3-7(4-6)8(11)9-5-10/h5-7H,2-4H2,1H3,(H,9,10,11). The molecule has 1 rings (SSSR count). The van der Waals surface area contributed by atoms with Gasteiger partial charge in [-0.25, -0.2) is 0 Å². The van der Waals surface area contributed by atoms with Crippen LogP contribution in [0.5, 0.6) is 0 Å². The number of carbonyl (C=O) groups is 2. The Morgan fingerprint density at radius 3 is 2.73 bits per heavy atom. The van der Waals surface area contributed by atoms with E-state index in [0.717, 1.165) is 19.3 Å². The lowest BCUT2D eigenvalue weighted by Crippen LogP contribution is -2.27. The van der Waals surface area contributed by atoms with Crippen LogP contribution < -0.4 is 5.32 Å². The van der Waals surface area contributed by atoms with Gasteiger partial charge in [0.15, 0.2) is 0 Å². The van der Waals surface area contributed by atoms with Crippen molar-refractivity contribution in [3.8, 4) is 0 Å². The first-order chi connectivity index (χ1) is 5.24. The summed E-state index contributed by atoms with van der Waals surface area (Å²) in [7, 11) is 0. The summed E-state index contributed by atoms with van der Waals surface area (Å²) in [5, 5.41) is 2.19. The maximum absolute atomic E-state index is 11.0. The van der Waals surface area contributed by atoms with Crippen LogP contribution in [-0.4, -0.2) is 12.3 Å². The Balaban J connectivity index is 2.36. The zero-order valence-corrected chi connectivity index (χ0v) is 6.67. The van der Waals surface area contributed by atoms with Crippen LogP contribution in [-0.2, 0) is 9.59 Å². The Bertz CT molecular complexity index is 167. The van der Waals surface area contributed by atoms with Crippen molar-refractivity contribution in [1.82, 2.24) is 5.32 Å². The lowest BCUT2D eigenvalue weighted by Gasteiger charge is -2.05. The van der Waals surface area contributed by atoms with Crippen LogP contribution in [0.15, 0.2) is 0 Å². The van der Waals surface area contributed by atoms with E-state index in [9.17, 15) is 9.59 Å². The van der Waals surface area contributed by atoms with Crippen molar-refractivity contribution in [2.24, 2.45) is 11.8 Å². The summed E-state index contributed by atoms with van der Waals surface area (Å²) in [6, 6.07) is 0. The molecular formula is C8H13NO2. The van der Waals surface area contributed by atoms with Crippen molar-refractivity contribution in [1.29, 1.82) is 0 Å². The average molecular weight is 155 g/mol. The first kappa shape index (κ1) is 8.24. The van der Waals surface area contributed by atoms with Gasteiger partial charge in [-0.05, 0) is 25.2 Å². The number of hydrogen-bond acceptors (Lipinski definition) is 2. The largest absolute Gasteiger partial charge is 0.299 e. The number of amides is 2. The Kier molecular flexibility index (Phi) is 2.63. The van der Waals surface area contributed by atoms with E-state index < -0.39 is 0 Å². The SMILES string of the molecule is CC1CCC(C(=O)NC=O)C1. The summed E-state index contributed by atoms with van der Waals surface area (Å²) in [4.78, 5) is 21.0. The maximum Gasteiger partial charge on any atom is 0.229 e. The maximum atomic E-state index is 11.0. The van der Waals surface area contributed by atoms with Crippen LogP contribution in [0.2, 0.25) is 0 Å². The Morgan fingerprint density at radius 2 is 2.27 bits per heavy atom. The van der Waals surface area contributed by atoms with Crippen LogP contribution in [0.4, 0.5) is 0 Å². The first-order valence-corrected chi connectivity index (χ1v) is 3.98. The molecule has 0 saturated heterocycles. The van der Waals surface area contributed by atoms with E-state index >= 15 is 0 Å². The molecule has 2 amide bonds. The molecule has 0 aromatic carbocycles. The lowest BCUT2D eigenvalue weighted by atomic mass is 10.1. The topological polar surface area (TPSA) is 46.2 Å². The predicted molar refractivity (Wildman–Crippen MR) is 40.7 cm³/mol. The molecule has 1 N–H and O–H groups in total. The van der Waals surface area contributed by atoms with Crippen LogP contribution in [0.25, 0.3) is 0 Å². The quantitative estimate of drug-likeness (QED) is 0.596. The minimum absolute atomic E-state index is 0.0789. The molecule has 0 aliphatic heterocycles. The molecule has 2 atom stereocenters. The summed E-state index contributed by atoms with van der Waals surface area (Å²) in [6.07, 6.45) is 3.43. The molecule has 1 aliphatic carbocycles. The van der Waals surface area contributed by atoms with E-state index in [1.165, 1.54) is 0 Å². The van der Waals surface area contributed by atoms with E-state index in [0.29, 0.717) is 12.3 Å². The fourth-order valence-corrected chi connectivity index (χ4v) is 1.62. The second-order valence-electron chi connectivity index (χ2n) is 3.24. The van der Waals surface area contributed by atoms with Gasteiger partial charge in [0.1, 0.15) is 0 Å². The molecule has 0 radical (unpaired) electrons. The van der Waals surface area contributed by atoms with Crippen molar-refractivity contribution in [2.75, 3.05) is 0 Å². The Morgan fingerprint density at radius 1 is 1.55 bits per heavy atom. The summed E-state index contributed by atoms with van der Waals surface area (Å²) >= 11 is 0. The van der Waals surface area contributed by atoms with Gasteiger partial charge in [0, 0.05) is 5.92 Å². The highest BCUT2D eigenvalue weighted by molar-refractivity contribution is 5.87. The van der Waals surface area contributed by atoms with Gasteiger partial charge in [0.05, 0.1) is 0 Å². The molecule has 0 aromatic heterocycles. The molecule has 62 valence electrons. The van der Waals surface area contributed by atoms with E-state index in [2.05, 4.69) is 12.2 Å². The zero-order chi connectivity index (χ0) is 8.27. The molecule has 0 aromatic rings. The number of carbonyl (C=O) groups excluding carboxylic acids is 2. The van der Waals surface area contributed by atoms with Crippen LogP contribution in [0, 0.1) is 11.8 Å². The Labute approximate surface area is 66.2 Å². The Hall–Kier alpha value is -0.860.